The maximum absolute atomic E-state index is 13.7. The van der Waals surface area contributed by atoms with Crippen LogP contribution in [0.25, 0.3) is 11.1 Å². The van der Waals surface area contributed by atoms with Crippen LogP contribution in [-0.2, 0) is 27.3 Å². The molecule has 9 heteroatoms. The summed E-state index contributed by atoms with van der Waals surface area (Å²) in [5.74, 6) is -5.29. The lowest BCUT2D eigenvalue weighted by Gasteiger charge is -2.41. The van der Waals surface area contributed by atoms with Crippen LogP contribution in [0.5, 0.6) is 5.75 Å². The molecule has 1 fully saturated rings. The Morgan fingerprint density at radius 2 is 1.72 bits per heavy atom. The first-order valence-corrected chi connectivity index (χ1v) is 13.2. The number of nitrogens with zero attached hydrogens (tertiary/aromatic N) is 1. The van der Waals surface area contributed by atoms with E-state index in [-0.39, 0.29) is 34.8 Å². The van der Waals surface area contributed by atoms with Crippen LogP contribution in [0.1, 0.15) is 34.3 Å². The molecular weight excluding hydrogens is 500 g/mol. The monoisotopic (exact) mass is 530 g/mol. The molecule has 0 radical (unpaired) electrons. The van der Waals surface area contributed by atoms with E-state index in [4.69, 9.17) is 10.5 Å². The average Bonchev–Trinajstić information content (AvgIpc) is 2.89. The summed E-state index contributed by atoms with van der Waals surface area (Å²) in [5.41, 5.74) is 8.60. The van der Waals surface area contributed by atoms with Crippen LogP contribution in [0.4, 0.5) is 0 Å². The van der Waals surface area contributed by atoms with Crippen molar-refractivity contribution in [3.8, 4) is 16.9 Å². The number of aromatic hydroxyl groups is 1. The summed E-state index contributed by atoms with van der Waals surface area (Å²) < 4.78 is 5.43. The molecule has 1 heterocycles. The number of rotatable bonds is 4. The number of ether oxygens (including phenoxy) is 1. The lowest BCUT2D eigenvalue weighted by Crippen LogP contribution is -2.43. The lowest BCUT2D eigenvalue weighted by atomic mass is 9.62. The van der Waals surface area contributed by atoms with Gasteiger partial charge in [0.2, 0.25) is 0 Å². The van der Waals surface area contributed by atoms with Gasteiger partial charge in [-0.3, -0.25) is 19.3 Å². The molecule has 5 N–H and O–H groups in total. The van der Waals surface area contributed by atoms with E-state index in [0.717, 1.165) is 44.0 Å². The number of hydrogen-bond donors (Lipinski definition) is 4. The normalized spacial score (nSPS) is 25.3. The van der Waals surface area contributed by atoms with Gasteiger partial charge in [-0.15, -0.1) is 0 Å². The molecule has 2 aromatic rings. The van der Waals surface area contributed by atoms with E-state index in [1.165, 1.54) is 11.6 Å². The molecular formula is C30H30N2O7. The van der Waals surface area contributed by atoms with Gasteiger partial charge < -0.3 is 25.8 Å². The van der Waals surface area contributed by atoms with Crippen LogP contribution in [0.2, 0.25) is 0 Å². The van der Waals surface area contributed by atoms with Crippen molar-refractivity contribution >= 4 is 17.5 Å². The minimum atomic E-state index is -1.12. The third-order valence-electron chi connectivity index (χ3n) is 8.54. The number of aliphatic hydroxyl groups is 2. The SMILES string of the molecule is NC(=O)C1=C(O)C[C@@H]2C[C@@H]3Cc4c(-c5ccc(CN6CCOCC6)cc5)ccc(O)c4C(=O)C3=C(O)C2C1=O. The minimum absolute atomic E-state index is 0.0149. The standard InChI is InChI=1S/C30H30N2O7/c31-30(38)26-22(34)13-18-11-17-12-20-19(16-3-1-15(2-4-16)14-32-7-9-39-10-8-32)5-6-21(33)25(20)28(36)23(17)27(35)24(18)29(26)37/h1-6,17-18,24,33-35H,7-14H2,(H2,31,38)/t17-,18+,24?/m1/s1. The Labute approximate surface area is 225 Å². The van der Waals surface area contributed by atoms with Gasteiger partial charge in [0, 0.05) is 31.6 Å². The topological polar surface area (TPSA) is 150 Å². The number of carbonyl (C=O) groups is 3. The number of fused-ring (bicyclic) bond motifs is 3. The number of phenolic OH excluding ortho intramolecular Hbond substituents is 1. The Morgan fingerprint density at radius 3 is 2.41 bits per heavy atom. The maximum atomic E-state index is 13.7. The third kappa shape index (κ3) is 4.22. The first-order valence-electron chi connectivity index (χ1n) is 13.2. The van der Waals surface area contributed by atoms with E-state index in [1.54, 1.807) is 6.07 Å². The van der Waals surface area contributed by atoms with Crippen molar-refractivity contribution in [3.63, 3.8) is 0 Å². The van der Waals surface area contributed by atoms with Gasteiger partial charge in [-0.2, -0.15) is 0 Å². The molecule has 1 amide bonds. The number of morpholine rings is 1. The molecule has 0 saturated carbocycles. The molecule has 202 valence electrons. The van der Waals surface area contributed by atoms with E-state index >= 15 is 0 Å². The molecule has 0 spiro atoms. The summed E-state index contributed by atoms with van der Waals surface area (Å²) in [5, 5.41) is 32.3. The number of hydrogen-bond acceptors (Lipinski definition) is 8. The number of primary amides is 1. The van der Waals surface area contributed by atoms with E-state index < -0.39 is 40.8 Å². The van der Waals surface area contributed by atoms with Gasteiger partial charge in [-0.25, -0.2) is 0 Å². The average molecular weight is 531 g/mol. The quantitative estimate of drug-likeness (QED) is 0.441. The first kappa shape index (κ1) is 25.3. The highest BCUT2D eigenvalue weighted by atomic mass is 16.5. The molecule has 0 bridgehead atoms. The second-order valence-electron chi connectivity index (χ2n) is 10.8. The molecule has 1 saturated heterocycles. The van der Waals surface area contributed by atoms with Gasteiger partial charge in [0.25, 0.3) is 5.91 Å². The van der Waals surface area contributed by atoms with Gasteiger partial charge >= 0.3 is 0 Å². The number of allylic oxidation sites excluding steroid dienone is 3. The van der Waals surface area contributed by atoms with Crippen molar-refractivity contribution < 1.29 is 34.4 Å². The number of ketones is 2. The molecule has 3 atom stereocenters. The number of Topliss-reactive ketones (excluding diaryl/α,β-unsaturated/α-hetero) is 2. The fourth-order valence-corrected chi connectivity index (χ4v) is 6.72. The van der Waals surface area contributed by atoms with Crippen LogP contribution in [-0.4, -0.2) is 64.0 Å². The Balaban J connectivity index is 1.35. The molecule has 3 aliphatic carbocycles. The second-order valence-corrected chi connectivity index (χ2v) is 10.8. The van der Waals surface area contributed by atoms with Crippen molar-refractivity contribution in [3.05, 3.63) is 75.8 Å². The van der Waals surface area contributed by atoms with Crippen LogP contribution in [0.15, 0.2) is 59.1 Å². The predicted octanol–water partition coefficient (Wildman–Crippen LogP) is 2.96. The number of phenols is 1. The number of benzene rings is 2. The van der Waals surface area contributed by atoms with E-state index in [0.29, 0.717) is 18.4 Å². The fraction of sp³-hybridized carbons (Fsp3) is 0.367. The van der Waals surface area contributed by atoms with Gasteiger partial charge in [0.1, 0.15) is 22.8 Å². The highest BCUT2D eigenvalue weighted by molar-refractivity contribution is 6.22. The van der Waals surface area contributed by atoms with Crippen molar-refractivity contribution in [2.75, 3.05) is 26.3 Å². The third-order valence-corrected chi connectivity index (χ3v) is 8.54. The van der Waals surface area contributed by atoms with Crippen molar-refractivity contribution in [1.82, 2.24) is 4.90 Å². The summed E-state index contributed by atoms with van der Waals surface area (Å²) in [7, 11) is 0. The number of nitrogens with two attached hydrogens (primary N) is 1. The molecule has 1 unspecified atom stereocenters. The van der Waals surface area contributed by atoms with Crippen LogP contribution >= 0.6 is 0 Å². The van der Waals surface area contributed by atoms with Gasteiger partial charge in [-0.05, 0) is 53.0 Å². The maximum Gasteiger partial charge on any atom is 0.255 e. The fourth-order valence-electron chi connectivity index (χ4n) is 6.72. The van der Waals surface area contributed by atoms with E-state index in [2.05, 4.69) is 17.0 Å². The van der Waals surface area contributed by atoms with Gasteiger partial charge in [0.05, 0.1) is 24.7 Å². The molecule has 2 aromatic carbocycles. The highest BCUT2D eigenvalue weighted by Crippen LogP contribution is 2.50. The number of carbonyl (C=O) groups excluding carboxylic acids is 3. The summed E-state index contributed by atoms with van der Waals surface area (Å²) in [6.07, 6.45) is 0.760. The Bertz CT molecular complexity index is 1450. The molecule has 0 aromatic heterocycles. The van der Waals surface area contributed by atoms with Gasteiger partial charge in [0.15, 0.2) is 11.6 Å². The molecule has 6 rings (SSSR count). The van der Waals surface area contributed by atoms with Crippen molar-refractivity contribution in [2.45, 2.75) is 25.8 Å². The Kier molecular flexibility index (Phi) is 6.28. The lowest BCUT2D eigenvalue weighted by molar-refractivity contribution is -0.126. The smallest absolute Gasteiger partial charge is 0.255 e. The Hall–Kier alpha value is -3.95. The largest absolute Gasteiger partial charge is 0.511 e. The number of aliphatic hydroxyl groups excluding tert-OH is 2. The highest BCUT2D eigenvalue weighted by Gasteiger charge is 2.50. The minimum Gasteiger partial charge on any atom is -0.511 e. The van der Waals surface area contributed by atoms with E-state index in [9.17, 15) is 29.7 Å². The van der Waals surface area contributed by atoms with Crippen molar-refractivity contribution in [1.29, 1.82) is 0 Å². The summed E-state index contributed by atoms with van der Waals surface area (Å²) >= 11 is 0. The molecule has 39 heavy (non-hydrogen) atoms. The summed E-state index contributed by atoms with van der Waals surface area (Å²) in [6, 6.07) is 11.4. The predicted molar refractivity (Wildman–Crippen MR) is 141 cm³/mol. The summed E-state index contributed by atoms with van der Waals surface area (Å²) in [6.45, 7) is 4.08. The van der Waals surface area contributed by atoms with Gasteiger partial charge in [-0.1, -0.05) is 30.3 Å². The molecule has 9 nitrogen and oxygen atoms in total. The Morgan fingerprint density at radius 1 is 1.00 bits per heavy atom. The van der Waals surface area contributed by atoms with Crippen LogP contribution in [0, 0.1) is 17.8 Å². The second kappa shape index (κ2) is 9.66. The first-order chi connectivity index (χ1) is 18.7. The molecule has 4 aliphatic rings. The summed E-state index contributed by atoms with van der Waals surface area (Å²) in [4.78, 5) is 40.9. The van der Waals surface area contributed by atoms with E-state index in [1.807, 2.05) is 12.1 Å². The van der Waals surface area contributed by atoms with Crippen LogP contribution in [0.3, 0.4) is 0 Å². The zero-order chi connectivity index (χ0) is 27.4. The van der Waals surface area contributed by atoms with Crippen molar-refractivity contribution in [2.24, 2.45) is 23.5 Å². The number of amides is 1. The zero-order valence-corrected chi connectivity index (χ0v) is 21.4. The van der Waals surface area contributed by atoms with Crippen LogP contribution < -0.4 is 5.73 Å². The molecule has 1 aliphatic heterocycles. The zero-order valence-electron chi connectivity index (χ0n) is 21.4.